The van der Waals surface area contributed by atoms with Crippen molar-refractivity contribution >= 4 is 11.9 Å². The number of carbonyl (C=O) groups is 2. The van der Waals surface area contributed by atoms with Gasteiger partial charge < -0.3 is 14.7 Å². The maximum Gasteiger partial charge on any atom is 0.309 e. The number of esters is 2. The lowest BCUT2D eigenvalue weighted by Crippen LogP contribution is -2.60. The van der Waals surface area contributed by atoms with Crippen LogP contribution in [0.2, 0.25) is 0 Å². The number of rotatable bonds is 4. The number of nitrogens with zero attached hydrogens (tertiary/aromatic N) is 2. The second kappa shape index (κ2) is 9.36. The van der Waals surface area contributed by atoms with Gasteiger partial charge in [-0.05, 0) is 88.1 Å². The third-order valence-electron chi connectivity index (χ3n) is 8.83. The van der Waals surface area contributed by atoms with Gasteiger partial charge in [-0.25, -0.2) is 0 Å². The molecule has 1 aliphatic carbocycles. The third kappa shape index (κ3) is 5.79. The lowest BCUT2D eigenvalue weighted by molar-refractivity contribution is -0.260. The van der Waals surface area contributed by atoms with Crippen LogP contribution in [0.3, 0.4) is 0 Å². The average molecular weight is 481 g/mol. The van der Waals surface area contributed by atoms with E-state index in [4.69, 9.17) is 9.47 Å². The molecule has 3 rings (SSSR count). The lowest BCUT2D eigenvalue weighted by atomic mass is 9.78. The van der Waals surface area contributed by atoms with Crippen LogP contribution in [-0.4, -0.2) is 68.5 Å². The molecule has 0 aromatic carbocycles. The summed E-state index contributed by atoms with van der Waals surface area (Å²) in [5.74, 6) is -0.561. The van der Waals surface area contributed by atoms with Gasteiger partial charge in [0.1, 0.15) is 12.2 Å². The highest BCUT2D eigenvalue weighted by Crippen LogP contribution is 2.41. The molecule has 34 heavy (non-hydrogen) atoms. The summed E-state index contributed by atoms with van der Waals surface area (Å²) in [4.78, 5) is 28.3. The molecule has 1 N–H and O–H groups in total. The Morgan fingerprint density at radius 3 is 1.26 bits per heavy atom. The van der Waals surface area contributed by atoms with E-state index in [-0.39, 0.29) is 47.1 Å². The van der Waals surface area contributed by atoms with E-state index < -0.39 is 11.1 Å². The van der Waals surface area contributed by atoms with Crippen LogP contribution in [0.1, 0.15) is 107 Å². The molecule has 196 valence electrons. The fraction of sp³-hybridized carbons (Fsp3) is 0.926. The van der Waals surface area contributed by atoms with E-state index in [1.807, 2.05) is 27.7 Å². The van der Waals surface area contributed by atoms with E-state index in [9.17, 15) is 14.8 Å². The molecule has 0 unspecified atom stereocenters. The minimum Gasteiger partial charge on any atom is -0.462 e. The van der Waals surface area contributed by atoms with Gasteiger partial charge in [0, 0.05) is 47.8 Å². The smallest absolute Gasteiger partial charge is 0.309 e. The van der Waals surface area contributed by atoms with Crippen LogP contribution in [0, 0.1) is 11.8 Å². The maximum atomic E-state index is 13.0. The van der Waals surface area contributed by atoms with E-state index in [0.717, 1.165) is 12.8 Å². The van der Waals surface area contributed by atoms with E-state index in [1.54, 1.807) is 0 Å². The first-order valence-electron chi connectivity index (χ1n) is 13.1. The maximum absolute atomic E-state index is 13.0. The summed E-state index contributed by atoms with van der Waals surface area (Å²) in [6, 6.07) is 0. The van der Waals surface area contributed by atoms with Gasteiger partial charge in [-0.3, -0.25) is 14.5 Å². The molecule has 2 aliphatic heterocycles. The molecule has 0 radical (unpaired) electrons. The normalized spacial score (nSPS) is 32.2. The Labute approximate surface area is 206 Å². The van der Waals surface area contributed by atoms with Crippen LogP contribution in [0.5, 0.6) is 0 Å². The van der Waals surface area contributed by atoms with Crippen LogP contribution in [-0.2, 0) is 19.1 Å². The minimum atomic E-state index is -0.453. The van der Waals surface area contributed by atoms with Gasteiger partial charge in [0.15, 0.2) is 0 Å². The van der Waals surface area contributed by atoms with E-state index >= 15 is 0 Å². The Morgan fingerprint density at radius 2 is 0.941 bits per heavy atom. The van der Waals surface area contributed by atoms with Crippen molar-refractivity contribution < 1.29 is 24.3 Å². The predicted octanol–water partition coefficient (Wildman–Crippen LogP) is 4.94. The Morgan fingerprint density at radius 1 is 0.647 bits per heavy atom. The number of piperidine rings is 2. The van der Waals surface area contributed by atoms with Gasteiger partial charge in [0.2, 0.25) is 0 Å². The topological polar surface area (TPSA) is 79.3 Å². The van der Waals surface area contributed by atoms with Crippen LogP contribution in [0.25, 0.3) is 0 Å². The standard InChI is InChI=1S/C27H48N2O5/c1-24(2)14-20(15-25(3,4)28(24)9)33-22(30)18-10-12-19(13-11-18)23(31)34-21-16-26(5,6)29(32)27(7,8)17-21/h18-21,32H,10-17H2,1-9H3. The van der Waals surface area contributed by atoms with E-state index in [0.29, 0.717) is 38.5 Å². The first-order chi connectivity index (χ1) is 15.4. The average Bonchev–Trinajstić information content (AvgIpc) is 2.69. The third-order valence-corrected chi connectivity index (χ3v) is 8.83. The number of likely N-dealkylation sites (tertiary alicyclic amines) is 1. The molecular formula is C27H48N2O5. The monoisotopic (exact) mass is 480 g/mol. The van der Waals surface area contributed by atoms with Crippen molar-refractivity contribution in [2.75, 3.05) is 7.05 Å². The quantitative estimate of drug-likeness (QED) is 0.571. The second-order valence-electron chi connectivity index (χ2n) is 13.6. The molecule has 3 fully saturated rings. The predicted molar refractivity (Wildman–Crippen MR) is 131 cm³/mol. The number of carbonyl (C=O) groups excluding carboxylic acids is 2. The fourth-order valence-corrected chi connectivity index (χ4v) is 6.71. The van der Waals surface area contributed by atoms with Crippen LogP contribution in [0.15, 0.2) is 0 Å². The molecule has 1 saturated carbocycles. The largest absolute Gasteiger partial charge is 0.462 e. The van der Waals surface area contributed by atoms with Crippen molar-refractivity contribution in [3.8, 4) is 0 Å². The fourth-order valence-electron chi connectivity index (χ4n) is 6.71. The molecule has 0 aromatic heterocycles. The highest BCUT2D eigenvalue weighted by Gasteiger charge is 2.47. The van der Waals surface area contributed by atoms with Crippen molar-refractivity contribution in [3.63, 3.8) is 0 Å². The lowest BCUT2D eigenvalue weighted by Gasteiger charge is -2.53. The van der Waals surface area contributed by atoms with Crippen molar-refractivity contribution in [3.05, 3.63) is 0 Å². The number of hydroxylamine groups is 2. The summed E-state index contributed by atoms with van der Waals surface area (Å²) >= 11 is 0. The second-order valence-corrected chi connectivity index (χ2v) is 13.6. The number of hydrogen-bond donors (Lipinski definition) is 1. The summed E-state index contributed by atoms with van der Waals surface area (Å²) < 4.78 is 11.9. The molecule has 0 bridgehead atoms. The number of hydrogen-bond acceptors (Lipinski definition) is 7. The van der Waals surface area contributed by atoms with Crippen LogP contribution < -0.4 is 0 Å². The van der Waals surface area contributed by atoms with Gasteiger partial charge in [-0.15, -0.1) is 0 Å². The summed E-state index contributed by atoms with van der Waals surface area (Å²) in [7, 11) is 2.15. The summed E-state index contributed by atoms with van der Waals surface area (Å²) in [6.45, 7) is 16.7. The summed E-state index contributed by atoms with van der Waals surface area (Å²) in [5.41, 5.74) is -0.955. The Hall–Kier alpha value is -1.18. The van der Waals surface area contributed by atoms with Crippen molar-refractivity contribution in [2.45, 2.75) is 141 Å². The molecule has 0 atom stereocenters. The Balaban J connectivity index is 1.49. The molecule has 7 nitrogen and oxygen atoms in total. The van der Waals surface area contributed by atoms with Gasteiger partial charge >= 0.3 is 11.9 Å². The van der Waals surface area contributed by atoms with Crippen LogP contribution >= 0.6 is 0 Å². The van der Waals surface area contributed by atoms with Gasteiger partial charge in [0.25, 0.3) is 0 Å². The van der Waals surface area contributed by atoms with Gasteiger partial charge in [-0.1, -0.05) is 0 Å². The molecule has 2 saturated heterocycles. The van der Waals surface area contributed by atoms with Crippen molar-refractivity contribution in [1.82, 2.24) is 9.96 Å². The highest BCUT2D eigenvalue weighted by atomic mass is 16.6. The zero-order valence-electron chi connectivity index (χ0n) is 22.9. The molecule has 2 heterocycles. The van der Waals surface area contributed by atoms with Crippen molar-refractivity contribution in [1.29, 1.82) is 0 Å². The molecule has 7 heteroatoms. The highest BCUT2D eigenvalue weighted by molar-refractivity contribution is 5.75. The molecule has 0 spiro atoms. The first-order valence-corrected chi connectivity index (χ1v) is 13.1. The molecule has 3 aliphatic rings. The Kier molecular flexibility index (Phi) is 7.55. The van der Waals surface area contributed by atoms with E-state index in [2.05, 4.69) is 39.6 Å². The Bertz CT molecular complexity index is 667. The molecule has 0 aromatic rings. The number of ether oxygens (including phenoxy) is 2. The van der Waals surface area contributed by atoms with Gasteiger partial charge in [0.05, 0.1) is 11.8 Å². The van der Waals surface area contributed by atoms with E-state index in [1.165, 1.54) is 5.06 Å². The zero-order valence-corrected chi connectivity index (χ0v) is 22.9. The summed E-state index contributed by atoms with van der Waals surface area (Å²) in [6.07, 6.45) is 5.25. The van der Waals surface area contributed by atoms with Gasteiger partial charge in [-0.2, -0.15) is 5.06 Å². The SMILES string of the molecule is CN1C(C)(C)CC(OC(=O)C2CCC(C(=O)OC3CC(C)(C)N(O)C(C)(C)C3)CC2)CC1(C)C. The minimum absolute atomic E-state index is 0.0244. The zero-order chi connectivity index (χ0) is 25.7. The molecular weight excluding hydrogens is 432 g/mol. The summed E-state index contributed by atoms with van der Waals surface area (Å²) in [5, 5.41) is 11.9. The van der Waals surface area contributed by atoms with Crippen molar-refractivity contribution in [2.24, 2.45) is 11.8 Å². The first kappa shape index (κ1) is 27.4. The van der Waals surface area contributed by atoms with Crippen LogP contribution in [0.4, 0.5) is 0 Å². The molecule has 0 amide bonds.